The van der Waals surface area contributed by atoms with Gasteiger partial charge in [0.25, 0.3) is 5.91 Å². The van der Waals surface area contributed by atoms with Crippen molar-refractivity contribution in [2.45, 2.75) is 44.1 Å². The summed E-state index contributed by atoms with van der Waals surface area (Å²) in [5.74, 6) is -1.10. The molecule has 108 valence electrons. The first-order valence-electron chi connectivity index (χ1n) is 6.81. The molecule has 1 aromatic rings. The first-order valence-corrected chi connectivity index (χ1v) is 7.18. The van der Waals surface area contributed by atoms with E-state index in [1.54, 1.807) is 24.3 Å². The Balaban J connectivity index is 2.12. The minimum absolute atomic E-state index is 0.0215. The zero-order valence-electron chi connectivity index (χ0n) is 11.2. The molecular weight excluding hydrogens is 278 g/mol. The van der Waals surface area contributed by atoms with Gasteiger partial charge in [-0.1, -0.05) is 30.9 Å². The average molecular weight is 296 g/mol. The fraction of sp³-hybridized carbons (Fsp3) is 0.467. The second kappa shape index (κ2) is 6.27. The molecule has 0 atom stereocenters. The van der Waals surface area contributed by atoms with E-state index in [1.165, 1.54) is 0 Å². The normalized spacial score (nSPS) is 17.4. The zero-order valence-corrected chi connectivity index (χ0v) is 11.9. The number of aliphatic carboxylic acids is 1. The van der Waals surface area contributed by atoms with Gasteiger partial charge >= 0.3 is 5.97 Å². The van der Waals surface area contributed by atoms with Crippen LogP contribution < -0.4 is 5.32 Å². The number of nitrogens with one attached hydrogen (secondary N) is 1. The van der Waals surface area contributed by atoms with Crippen LogP contribution in [0.3, 0.4) is 0 Å². The Hall–Kier alpha value is -1.55. The Labute approximate surface area is 123 Å². The summed E-state index contributed by atoms with van der Waals surface area (Å²) in [5.41, 5.74) is -0.106. The second-order valence-corrected chi connectivity index (χ2v) is 5.81. The number of carboxylic acids is 1. The number of benzene rings is 1. The summed E-state index contributed by atoms with van der Waals surface area (Å²) in [6.45, 7) is 0. The van der Waals surface area contributed by atoms with E-state index in [9.17, 15) is 9.59 Å². The first-order chi connectivity index (χ1) is 9.51. The fourth-order valence-corrected chi connectivity index (χ4v) is 2.90. The predicted molar refractivity (Wildman–Crippen MR) is 77.0 cm³/mol. The average Bonchev–Trinajstić information content (AvgIpc) is 2.39. The molecule has 2 N–H and O–H groups in total. The fourth-order valence-electron chi connectivity index (χ4n) is 2.78. The largest absolute Gasteiger partial charge is 0.481 e. The van der Waals surface area contributed by atoms with E-state index in [1.807, 2.05) is 0 Å². The van der Waals surface area contributed by atoms with E-state index in [4.69, 9.17) is 16.7 Å². The predicted octanol–water partition coefficient (Wildman–Crippen LogP) is 3.25. The molecular formula is C15H18ClNO3. The molecule has 1 amide bonds. The maximum Gasteiger partial charge on any atom is 0.305 e. The standard InChI is InChI=1S/C15H18ClNO3/c16-12-6-4-11(5-7-12)14(20)17-15(10-13(18)19)8-2-1-3-9-15/h4-7H,1-3,8-10H2,(H,17,20)(H,18,19). The van der Waals surface area contributed by atoms with Crippen molar-refractivity contribution in [1.29, 1.82) is 0 Å². The number of hydrogen-bond acceptors (Lipinski definition) is 2. The number of halogens is 1. The third-order valence-corrected chi connectivity index (χ3v) is 4.04. The molecule has 0 heterocycles. The quantitative estimate of drug-likeness (QED) is 0.896. The smallest absolute Gasteiger partial charge is 0.305 e. The number of rotatable bonds is 4. The molecule has 0 aliphatic heterocycles. The van der Waals surface area contributed by atoms with Crippen LogP contribution in [0.4, 0.5) is 0 Å². The van der Waals surface area contributed by atoms with Crippen molar-refractivity contribution < 1.29 is 14.7 Å². The zero-order chi connectivity index (χ0) is 14.6. The number of carbonyl (C=O) groups is 2. The van der Waals surface area contributed by atoms with Crippen molar-refractivity contribution in [2.75, 3.05) is 0 Å². The van der Waals surface area contributed by atoms with Crippen molar-refractivity contribution in [2.24, 2.45) is 0 Å². The van der Waals surface area contributed by atoms with Gasteiger partial charge in [0.2, 0.25) is 0 Å². The Kier molecular flexibility index (Phi) is 4.65. The lowest BCUT2D eigenvalue weighted by Crippen LogP contribution is -2.51. The summed E-state index contributed by atoms with van der Waals surface area (Å²) in [5, 5.41) is 12.6. The Morgan fingerprint density at radius 1 is 1.15 bits per heavy atom. The van der Waals surface area contributed by atoms with Crippen LogP contribution in [0, 0.1) is 0 Å². The van der Waals surface area contributed by atoms with E-state index in [2.05, 4.69) is 5.32 Å². The lowest BCUT2D eigenvalue weighted by Gasteiger charge is -2.37. The summed E-state index contributed by atoms with van der Waals surface area (Å²) < 4.78 is 0. The molecule has 0 unspecified atom stereocenters. The van der Waals surface area contributed by atoms with E-state index in [-0.39, 0.29) is 12.3 Å². The highest BCUT2D eigenvalue weighted by Crippen LogP contribution is 2.31. The highest BCUT2D eigenvalue weighted by Gasteiger charge is 2.35. The minimum Gasteiger partial charge on any atom is -0.481 e. The van der Waals surface area contributed by atoms with Gasteiger partial charge in [0, 0.05) is 10.6 Å². The van der Waals surface area contributed by atoms with Crippen LogP contribution in [-0.4, -0.2) is 22.5 Å². The summed E-state index contributed by atoms with van der Waals surface area (Å²) in [7, 11) is 0. The minimum atomic E-state index is -0.872. The number of carboxylic acid groups (broad SMARTS) is 1. The highest BCUT2D eigenvalue weighted by atomic mass is 35.5. The van der Waals surface area contributed by atoms with Gasteiger partial charge in [0.15, 0.2) is 0 Å². The molecule has 0 saturated heterocycles. The number of amides is 1. The lowest BCUT2D eigenvalue weighted by molar-refractivity contribution is -0.139. The van der Waals surface area contributed by atoms with Crippen LogP contribution in [-0.2, 0) is 4.79 Å². The van der Waals surface area contributed by atoms with Crippen LogP contribution in [0.5, 0.6) is 0 Å². The third-order valence-electron chi connectivity index (χ3n) is 3.79. The van der Waals surface area contributed by atoms with E-state index >= 15 is 0 Å². The summed E-state index contributed by atoms with van der Waals surface area (Å²) in [6, 6.07) is 6.60. The summed E-state index contributed by atoms with van der Waals surface area (Å²) in [4.78, 5) is 23.3. The first kappa shape index (κ1) is 14.9. The van der Waals surface area contributed by atoms with Gasteiger partial charge in [-0.05, 0) is 37.1 Å². The van der Waals surface area contributed by atoms with Crippen molar-refractivity contribution in [3.63, 3.8) is 0 Å². The maximum absolute atomic E-state index is 12.3. The number of carbonyl (C=O) groups excluding carboxylic acids is 1. The van der Waals surface area contributed by atoms with Crippen molar-refractivity contribution in [1.82, 2.24) is 5.32 Å². The molecule has 0 aromatic heterocycles. The molecule has 1 aromatic carbocycles. The highest BCUT2D eigenvalue weighted by molar-refractivity contribution is 6.30. The SMILES string of the molecule is O=C(O)CC1(NC(=O)c2ccc(Cl)cc2)CCCCC1. The van der Waals surface area contributed by atoms with Gasteiger partial charge in [-0.3, -0.25) is 9.59 Å². The summed E-state index contributed by atoms with van der Waals surface area (Å²) >= 11 is 5.80. The van der Waals surface area contributed by atoms with Gasteiger partial charge in [-0.2, -0.15) is 0 Å². The Morgan fingerprint density at radius 2 is 1.75 bits per heavy atom. The molecule has 1 aliphatic carbocycles. The molecule has 20 heavy (non-hydrogen) atoms. The maximum atomic E-state index is 12.3. The Morgan fingerprint density at radius 3 is 2.30 bits per heavy atom. The number of hydrogen-bond donors (Lipinski definition) is 2. The van der Waals surface area contributed by atoms with Crippen LogP contribution >= 0.6 is 11.6 Å². The monoisotopic (exact) mass is 295 g/mol. The van der Waals surface area contributed by atoms with E-state index in [0.717, 1.165) is 32.1 Å². The summed E-state index contributed by atoms with van der Waals surface area (Å²) in [6.07, 6.45) is 4.42. The molecule has 0 spiro atoms. The van der Waals surface area contributed by atoms with Crippen LogP contribution in [0.1, 0.15) is 48.9 Å². The molecule has 4 nitrogen and oxygen atoms in total. The molecule has 1 saturated carbocycles. The molecule has 2 rings (SSSR count). The molecule has 0 radical (unpaired) electrons. The Bertz CT molecular complexity index is 492. The van der Waals surface area contributed by atoms with Crippen LogP contribution in [0.25, 0.3) is 0 Å². The van der Waals surface area contributed by atoms with Gasteiger partial charge in [-0.25, -0.2) is 0 Å². The van der Waals surface area contributed by atoms with Crippen molar-refractivity contribution >= 4 is 23.5 Å². The van der Waals surface area contributed by atoms with Gasteiger partial charge < -0.3 is 10.4 Å². The topological polar surface area (TPSA) is 66.4 Å². The third kappa shape index (κ3) is 3.73. The van der Waals surface area contributed by atoms with Gasteiger partial charge in [0.05, 0.1) is 12.0 Å². The van der Waals surface area contributed by atoms with Crippen LogP contribution in [0.2, 0.25) is 5.02 Å². The second-order valence-electron chi connectivity index (χ2n) is 5.37. The van der Waals surface area contributed by atoms with E-state index in [0.29, 0.717) is 10.6 Å². The van der Waals surface area contributed by atoms with Gasteiger partial charge in [0.1, 0.15) is 0 Å². The van der Waals surface area contributed by atoms with Crippen molar-refractivity contribution in [3.05, 3.63) is 34.9 Å². The van der Waals surface area contributed by atoms with Crippen LogP contribution in [0.15, 0.2) is 24.3 Å². The molecule has 1 fully saturated rings. The van der Waals surface area contributed by atoms with Crippen molar-refractivity contribution in [3.8, 4) is 0 Å². The van der Waals surface area contributed by atoms with E-state index < -0.39 is 11.5 Å². The van der Waals surface area contributed by atoms with Gasteiger partial charge in [-0.15, -0.1) is 0 Å². The molecule has 5 heteroatoms. The lowest BCUT2D eigenvalue weighted by atomic mass is 9.79. The molecule has 0 bridgehead atoms. The molecule has 1 aliphatic rings.